The van der Waals surface area contributed by atoms with E-state index in [9.17, 15) is 14.4 Å². The fraction of sp³-hybridized carbons (Fsp3) is 0.316. The van der Waals surface area contributed by atoms with Crippen molar-refractivity contribution in [2.24, 2.45) is 5.73 Å². The number of nitrogens with one attached hydrogen (secondary N) is 1. The first-order valence-corrected chi connectivity index (χ1v) is 9.74. The zero-order valence-corrected chi connectivity index (χ0v) is 17.0. The van der Waals surface area contributed by atoms with Gasteiger partial charge in [0.25, 0.3) is 11.8 Å². The van der Waals surface area contributed by atoms with Crippen LogP contribution in [-0.4, -0.2) is 35.7 Å². The lowest BCUT2D eigenvalue weighted by Gasteiger charge is -2.17. The van der Waals surface area contributed by atoms with Crippen LogP contribution >= 0.6 is 22.9 Å². The van der Waals surface area contributed by atoms with Gasteiger partial charge < -0.3 is 16.0 Å². The second-order valence-electron chi connectivity index (χ2n) is 5.95. The van der Waals surface area contributed by atoms with Crippen molar-refractivity contribution in [3.63, 3.8) is 0 Å². The third kappa shape index (κ3) is 4.87. The van der Waals surface area contributed by atoms with Gasteiger partial charge in [0.15, 0.2) is 0 Å². The molecule has 0 aliphatic rings. The highest BCUT2D eigenvalue weighted by Gasteiger charge is 2.26. The number of carbonyl (C=O) groups excluding carboxylic acids is 3. The summed E-state index contributed by atoms with van der Waals surface area (Å²) in [5.41, 5.74) is 6.95. The Balaban J connectivity index is 2.28. The van der Waals surface area contributed by atoms with E-state index < -0.39 is 5.91 Å². The summed E-state index contributed by atoms with van der Waals surface area (Å²) < 4.78 is 0. The monoisotopic (exact) mass is 407 g/mol. The normalized spacial score (nSPS) is 10.5. The molecule has 6 nitrogen and oxygen atoms in total. The molecule has 0 radical (unpaired) electrons. The third-order valence-corrected chi connectivity index (χ3v) is 5.62. The first kappa shape index (κ1) is 20.9. The number of amides is 3. The topological polar surface area (TPSA) is 92.5 Å². The van der Waals surface area contributed by atoms with E-state index >= 15 is 0 Å². The number of thiophene rings is 1. The number of benzene rings is 1. The maximum Gasteiger partial charge on any atom is 0.264 e. The average molecular weight is 408 g/mol. The van der Waals surface area contributed by atoms with Gasteiger partial charge in [-0.1, -0.05) is 23.7 Å². The summed E-state index contributed by atoms with van der Waals surface area (Å²) in [4.78, 5) is 39.0. The summed E-state index contributed by atoms with van der Waals surface area (Å²) in [6, 6.07) is 6.92. The molecule has 27 heavy (non-hydrogen) atoms. The fourth-order valence-electron chi connectivity index (χ4n) is 2.72. The minimum atomic E-state index is -0.677. The van der Waals surface area contributed by atoms with Crippen molar-refractivity contribution >= 4 is 45.7 Å². The number of anilines is 1. The molecule has 2 rings (SSSR count). The molecule has 0 saturated carbocycles. The molecule has 8 heteroatoms. The predicted molar refractivity (Wildman–Crippen MR) is 109 cm³/mol. The Morgan fingerprint density at radius 3 is 2.26 bits per heavy atom. The molecular weight excluding hydrogens is 386 g/mol. The van der Waals surface area contributed by atoms with Crippen LogP contribution in [0.3, 0.4) is 0 Å². The zero-order chi connectivity index (χ0) is 20.1. The number of primary amides is 1. The highest BCUT2D eigenvalue weighted by Crippen LogP contribution is 2.33. The third-order valence-electron chi connectivity index (χ3n) is 4.17. The Labute approximate surface area is 167 Å². The van der Waals surface area contributed by atoms with E-state index in [1.165, 1.54) is 0 Å². The van der Waals surface area contributed by atoms with Crippen LogP contribution in [0.15, 0.2) is 24.3 Å². The molecule has 2 aromatic rings. The van der Waals surface area contributed by atoms with Gasteiger partial charge in [0.1, 0.15) is 5.00 Å². The number of nitrogens with zero attached hydrogens (tertiary/aromatic N) is 1. The molecule has 0 aliphatic carbocycles. The molecule has 0 unspecified atom stereocenters. The fourth-order valence-corrected chi connectivity index (χ4v) is 4.04. The van der Waals surface area contributed by atoms with E-state index in [4.69, 9.17) is 17.3 Å². The lowest BCUT2D eigenvalue weighted by Crippen LogP contribution is -2.30. The Morgan fingerprint density at radius 2 is 1.74 bits per heavy atom. The smallest absolute Gasteiger partial charge is 0.264 e. The van der Waals surface area contributed by atoms with Crippen molar-refractivity contribution in [2.45, 2.75) is 27.2 Å². The second-order valence-corrected chi connectivity index (χ2v) is 7.41. The standard InChI is InChI=1S/C19H22ClN3O3S/c1-4-23(5-2)19(26)16-11(3)15(17(21)25)18(27-16)22-14(24)10-12-6-8-13(20)9-7-12/h6-9H,4-5,10H2,1-3H3,(H2,21,25)(H,22,24). The summed E-state index contributed by atoms with van der Waals surface area (Å²) >= 11 is 6.92. The van der Waals surface area contributed by atoms with Gasteiger partial charge in [0.05, 0.1) is 16.9 Å². The van der Waals surface area contributed by atoms with Crippen LogP contribution in [0.5, 0.6) is 0 Å². The summed E-state index contributed by atoms with van der Waals surface area (Å²) in [5, 5.41) is 3.61. The Hall–Kier alpha value is -2.38. The van der Waals surface area contributed by atoms with Crippen molar-refractivity contribution < 1.29 is 14.4 Å². The van der Waals surface area contributed by atoms with Crippen LogP contribution in [-0.2, 0) is 11.2 Å². The molecule has 0 aliphatic heterocycles. The van der Waals surface area contributed by atoms with E-state index in [0.29, 0.717) is 33.6 Å². The van der Waals surface area contributed by atoms with Gasteiger partial charge in [0.2, 0.25) is 5.91 Å². The van der Waals surface area contributed by atoms with Crippen LogP contribution < -0.4 is 11.1 Å². The average Bonchev–Trinajstić information content (AvgIpc) is 2.94. The molecule has 0 spiro atoms. The number of halogens is 1. The van der Waals surface area contributed by atoms with Crippen molar-refractivity contribution in [3.05, 3.63) is 50.9 Å². The van der Waals surface area contributed by atoms with Gasteiger partial charge >= 0.3 is 0 Å². The lowest BCUT2D eigenvalue weighted by molar-refractivity contribution is -0.115. The van der Waals surface area contributed by atoms with Gasteiger partial charge in [-0.05, 0) is 44.0 Å². The number of hydrogen-bond acceptors (Lipinski definition) is 4. The Morgan fingerprint density at radius 1 is 1.15 bits per heavy atom. The maximum absolute atomic E-state index is 12.7. The molecule has 144 valence electrons. The van der Waals surface area contributed by atoms with E-state index in [-0.39, 0.29) is 23.8 Å². The Kier molecular flexibility index (Phi) is 6.98. The summed E-state index contributed by atoms with van der Waals surface area (Å²) in [7, 11) is 0. The van der Waals surface area contributed by atoms with E-state index in [1.54, 1.807) is 36.1 Å². The largest absolute Gasteiger partial charge is 0.365 e. The number of hydrogen-bond donors (Lipinski definition) is 2. The van der Waals surface area contributed by atoms with Crippen LogP contribution in [0.2, 0.25) is 5.02 Å². The molecule has 1 heterocycles. The maximum atomic E-state index is 12.7. The van der Waals surface area contributed by atoms with Gasteiger partial charge in [-0.15, -0.1) is 11.3 Å². The van der Waals surface area contributed by atoms with Crippen LogP contribution in [0.4, 0.5) is 5.00 Å². The summed E-state index contributed by atoms with van der Waals surface area (Å²) in [6.45, 7) is 6.54. The minimum Gasteiger partial charge on any atom is -0.365 e. The molecule has 0 atom stereocenters. The van der Waals surface area contributed by atoms with E-state index in [0.717, 1.165) is 16.9 Å². The van der Waals surface area contributed by atoms with Crippen LogP contribution in [0, 0.1) is 6.92 Å². The van der Waals surface area contributed by atoms with E-state index in [1.807, 2.05) is 13.8 Å². The van der Waals surface area contributed by atoms with Gasteiger partial charge in [-0.3, -0.25) is 14.4 Å². The van der Waals surface area contributed by atoms with Crippen molar-refractivity contribution in [1.29, 1.82) is 0 Å². The molecule has 0 saturated heterocycles. The first-order valence-electron chi connectivity index (χ1n) is 8.55. The summed E-state index contributed by atoms with van der Waals surface area (Å²) in [6.07, 6.45) is 0.117. The molecule has 0 bridgehead atoms. The van der Waals surface area contributed by atoms with Gasteiger partial charge in [0, 0.05) is 18.1 Å². The molecule has 0 fully saturated rings. The molecule has 3 amide bonds. The number of nitrogens with two attached hydrogens (primary N) is 1. The minimum absolute atomic E-state index is 0.117. The van der Waals surface area contributed by atoms with Gasteiger partial charge in [-0.25, -0.2) is 0 Å². The molecule has 3 N–H and O–H groups in total. The van der Waals surface area contributed by atoms with Crippen molar-refractivity contribution in [3.8, 4) is 0 Å². The highest BCUT2D eigenvalue weighted by molar-refractivity contribution is 7.18. The molecular formula is C19H22ClN3O3S. The first-order chi connectivity index (χ1) is 12.8. The molecule has 1 aromatic heterocycles. The Bertz CT molecular complexity index is 858. The van der Waals surface area contributed by atoms with Crippen LogP contribution in [0.25, 0.3) is 0 Å². The van der Waals surface area contributed by atoms with Crippen molar-refractivity contribution in [1.82, 2.24) is 4.90 Å². The van der Waals surface area contributed by atoms with E-state index in [2.05, 4.69) is 5.32 Å². The predicted octanol–water partition coefficient (Wildman–Crippen LogP) is 3.47. The number of rotatable bonds is 7. The summed E-state index contributed by atoms with van der Waals surface area (Å²) in [5.74, 6) is -1.16. The van der Waals surface area contributed by atoms with Gasteiger partial charge in [-0.2, -0.15) is 0 Å². The highest BCUT2D eigenvalue weighted by atomic mass is 35.5. The zero-order valence-electron chi connectivity index (χ0n) is 15.5. The quantitative estimate of drug-likeness (QED) is 0.735. The van der Waals surface area contributed by atoms with Crippen LogP contribution in [0.1, 0.15) is 45.0 Å². The molecule has 1 aromatic carbocycles. The lowest BCUT2D eigenvalue weighted by atomic mass is 10.1. The van der Waals surface area contributed by atoms with Crippen molar-refractivity contribution in [2.75, 3.05) is 18.4 Å². The number of carbonyl (C=O) groups is 3. The SMILES string of the molecule is CCN(CC)C(=O)c1sc(NC(=O)Cc2ccc(Cl)cc2)c(C(N)=O)c1C. The second kappa shape index (κ2) is 9.01.